The van der Waals surface area contributed by atoms with E-state index >= 15 is 0 Å². The normalized spacial score (nSPS) is 15.6. The van der Waals surface area contributed by atoms with Gasteiger partial charge >= 0.3 is 0 Å². The fourth-order valence-electron chi connectivity index (χ4n) is 3.98. The van der Waals surface area contributed by atoms with E-state index in [1.807, 2.05) is 47.1 Å². The van der Waals surface area contributed by atoms with Crippen molar-refractivity contribution < 1.29 is 14.3 Å². The molecule has 3 aromatic heterocycles. The minimum absolute atomic E-state index is 0.0185. The zero-order chi connectivity index (χ0) is 22.8. The van der Waals surface area contributed by atoms with Crippen molar-refractivity contribution in [1.82, 2.24) is 24.5 Å². The number of pyridine rings is 1. The Morgan fingerprint density at radius 1 is 1.18 bits per heavy atom. The largest absolute Gasteiger partial charge is 0.376 e. The van der Waals surface area contributed by atoms with Gasteiger partial charge in [-0.05, 0) is 18.9 Å². The molecule has 0 radical (unpaired) electrons. The summed E-state index contributed by atoms with van der Waals surface area (Å²) in [4.78, 5) is 30.4. The van der Waals surface area contributed by atoms with Gasteiger partial charge in [0.05, 0.1) is 23.6 Å². The molecular weight excluding hydrogens is 420 g/mol. The summed E-state index contributed by atoms with van der Waals surface area (Å²) in [6.07, 6.45) is 7.11. The molecule has 4 heterocycles. The van der Waals surface area contributed by atoms with Gasteiger partial charge in [-0.15, -0.1) is 0 Å². The Morgan fingerprint density at radius 2 is 2.03 bits per heavy atom. The molecule has 1 saturated heterocycles. The van der Waals surface area contributed by atoms with Crippen LogP contribution in [0.25, 0.3) is 16.9 Å². The number of rotatable bonds is 6. The first-order valence-electron chi connectivity index (χ1n) is 10.9. The number of aryl methyl sites for hydroxylation is 1. The number of hydrogen-bond acceptors (Lipinski definition) is 5. The topological polar surface area (TPSA) is 103 Å². The summed E-state index contributed by atoms with van der Waals surface area (Å²) in [7, 11) is 1.63. The minimum Gasteiger partial charge on any atom is -0.376 e. The lowest BCUT2D eigenvalue weighted by atomic mass is 10.2. The predicted molar refractivity (Wildman–Crippen MR) is 123 cm³/mol. The molecule has 2 N–H and O–H groups in total. The van der Waals surface area contributed by atoms with E-state index in [4.69, 9.17) is 4.74 Å². The average molecular weight is 444 g/mol. The van der Waals surface area contributed by atoms with Crippen LogP contribution in [0.4, 0.5) is 5.69 Å². The van der Waals surface area contributed by atoms with Crippen molar-refractivity contribution in [2.45, 2.75) is 18.9 Å². The third kappa shape index (κ3) is 4.35. The van der Waals surface area contributed by atoms with Crippen LogP contribution in [-0.2, 0) is 11.8 Å². The maximum absolute atomic E-state index is 13.0. The Balaban J connectivity index is 1.33. The number of carbonyl (C=O) groups excluding carboxylic acids is 2. The second kappa shape index (κ2) is 8.87. The lowest BCUT2D eigenvalue weighted by Crippen LogP contribution is -2.33. The molecular formula is C24H24N6O3. The van der Waals surface area contributed by atoms with Gasteiger partial charge in [-0.25, -0.2) is 4.98 Å². The van der Waals surface area contributed by atoms with Crippen LogP contribution in [0.3, 0.4) is 0 Å². The summed E-state index contributed by atoms with van der Waals surface area (Å²) in [5, 5.41) is 9.82. The van der Waals surface area contributed by atoms with Crippen LogP contribution in [-0.4, -0.2) is 50.2 Å². The lowest BCUT2D eigenvalue weighted by molar-refractivity contribution is 0.0852. The fraction of sp³-hybridized carbons (Fsp3) is 0.250. The monoisotopic (exact) mass is 444 g/mol. The molecule has 2 amide bonds. The lowest BCUT2D eigenvalue weighted by Gasteiger charge is -2.11. The Bertz CT molecular complexity index is 1300. The molecule has 9 heteroatoms. The van der Waals surface area contributed by atoms with Gasteiger partial charge in [0, 0.05) is 49.9 Å². The number of ether oxygens (including phenoxy) is 1. The van der Waals surface area contributed by atoms with E-state index in [2.05, 4.69) is 20.7 Å². The molecule has 9 nitrogen and oxygen atoms in total. The van der Waals surface area contributed by atoms with E-state index < -0.39 is 5.91 Å². The molecule has 1 aromatic carbocycles. The number of anilines is 1. The van der Waals surface area contributed by atoms with Crippen LogP contribution < -0.4 is 10.6 Å². The van der Waals surface area contributed by atoms with E-state index in [1.165, 1.54) is 10.9 Å². The Hall–Kier alpha value is -3.98. The van der Waals surface area contributed by atoms with Crippen molar-refractivity contribution in [1.29, 1.82) is 0 Å². The van der Waals surface area contributed by atoms with Crippen molar-refractivity contribution in [3.63, 3.8) is 0 Å². The Labute approximate surface area is 190 Å². The molecule has 0 saturated carbocycles. The molecule has 33 heavy (non-hydrogen) atoms. The number of nitrogens with zero attached hydrogens (tertiary/aromatic N) is 4. The van der Waals surface area contributed by atoms with Gasteiger partial charge in [-0.3, -0.25) is 14.3 Å². The third-order valence-corrected chi connectivity index (χ3v) is 5.70. The van der Waals surface area contributed by atoms with Crippen LogP contribution in [0.1, 0.15) is 33.7 Å². The van der Waals surface area contributed by atoms with Crippen LogP contribution in [0, 0.1) is 0 Å². The van der Waals surface area contributed by atoms with Crippen molar-refractivity contribution in [3.05, 3.63) is 72.3 Å². The highest BCUT2D eigenvalue weighted by atomic mass is 16.5. The number of aromatic nitrogens is 4. The molecule has 1 aliphatic heterocycles. The number of nitrogens with one attached hydrogen (secondary N) is 2. The molecule has 4 aromatic rings. The quantitative estimate of drug-likeness (QED) is 0.476. The van der Waals surface area contributed by atoms with E-state index in [0.717, 1.165) is 30.7 Å². The highest BCUT2D eigenvalue weighted by molar-refractivity contribution is 6.11. The second-order valence-corrected chi connectivity index (χ2v) is 8.00. The smallest absolute Gasteiger partial charge is 0.274 e. The van der Waals surface area contributed by atoms with Crippen molar-refractivity contribution in [2.75, 3.05) is 18.5 Å². The molecule has 1 fully saturated rings. The standard InChI is InChI=1S/C24H24N6O3/c1-29-22(19(14-26-29)23(31)25-13-18-8-5-11-33-18)24(32)27-17-9-10-30-15-20(28-21(30)12-17)16-6-3-2-4-7-16/h2-4,6-7,9-10,12,14-15,18H,5,8,11,13H2,1H3,(H,25,31)(H,27,32). The summed E-state index contributed by atoms with van der Waals surface area (Å²) >= 11 is 0. The first kappa shape index (κ1) is 20.9. The average Bonchev–Trinajstić information content (AvgIpc) is 3.57. The molecule has 1 atom stereocenters. The number of benzene rings is 1. The van der Waals surface area contributed by atoms with Gasteiger partial charge < -0.3 is 19.8 Å². The molecule has 0 spiro atoms. The van der Waals surface area contributed by atoms with E-state index in [1.54, 1.807) is 19.2 Å². The Kier molecular flexibility index (Phi) is 5.62. The van der Waals surface area contributed by atoms with Crippen LogP contribution >= 0.6 is 0 Å². The van der Waals surface area contributed by atoms with E-state index in [-0.39, 0.29) is 23.3 Å². The fourth-order valence-corrected chi connectivity index (χ4v) is 3.98. The van der Waals surface area contributed by atoms with Gasteiger partial charge in [0.2, 0.25) is 0 Å². The van der Waals surface area contributed by atoms with Gasteiger partial charge in [-0.1, -0.05) is 30.3 Å². The molecule has 0 bridgehead atoms. The van der Waals surface area contributed by atoms with Crippen molar-refractivity contribution in [3.8, 4) is 11.3 Å². The molecule has 5 rings (SSSR count). The Morgan fingerprint density at radius 3 is 2.82 bits per heavy atom. The minimum atomic E-state index is -0.420. The predicted octanol–water partition coefficient (Wildman–Crippen LogP) is 2.90. The molecule has 168 valence electrons. The maximum Gasteiger partial charge on any atom is 0.274 e. The zero-order valence-electron chi connectivity index (χ0n) is 18.2. The van der Waals surface area contributed by atoms with Crippen molar-refractivity contribution >= 4 is 23.1 Å². The molecule has 1 aliphatic rings. The maximum atomic E-state index is 13.0. The van der Waals surface area contributed by atoms with Crippen molar-refractivity contribution in [2.24, 2.45) is 7.05 Å². The summed E-state index contributed by atoms with van der Waals surface area (Å²) in [5.74, 6) is -0.767. The molecule has 1 unspecified atom stereocenters. The highest BCUT2D eigenvalue weighted by Gasteiger charge is 2.24. The number of imidazole rings is 1. The van der Waals surface area contributed by atoms with Gasteiger partial charge in [0.15, 0.2) is 0 Å². The van der Waals surface area contributed by atoms with Crippen LogP contribution in [0.2, 0.25) is 0 Å². The zero-order valence-corrected chi connectivity index (χ0v) is 18.2. The first-order chi connectivity index (χ1) is 16.1. The number of amides is 2. The van der Waals surface area contributed by atoms with E-state index in [0.29, 0.717) is 17.9 Å². The van der Waals surface area contributed by atoms with Gasteiger partial charge in [-0.2, -0.15) is 5.10 Å². The summed E-state index contributed by atoms with van der Waals surface area (Å²) in [6, 6.07) is 13.5. The summed E-state index contributed by atoms with van der Waals surface area (Å²) in [6.45, 7) is 1.13. The summed E-state index contributed by atoms with van der Waals surface area (Å²) < 4.78 is 8.84. The SMILES string of the molecule is Cn1ncc(C(=O)NCC2CCCO2)c1C(=O)Nc1ccn2cc(-c3ccccc3)nc2c1. The van der Waals surface area contributed by atoms with Crippen LogP contribution in [0.15, 0.2) is 61.1 Å². The molecule has 0 aliphatic carbocycles. The van der Waals surface area contributed by atoms with Crippen LogP contribution in [0.5, 0.6) is 0 Å². The van der Waals surface area contributed by atoms with E-state index in [9.17, 15) is 9.59 Å². The second-order valence-electron chi connectivity index (χ2n) is 8.00. The highest BCUT2D eigenvalue weighted by Crippen LogP contribution is 2.21. The number of hydrogen-bond donors (Lipinski definition) is 2. The summed E-state index contributed by atoms with van der Waals surface area (Å²) in [5.41, 5.74) is 3.54. The number of fused-ring (bicyclic) bond motifs is 1. The third-order valence-electron chi connectivity index (χ3n) is 5.70. The first-order valence-corrected chi connectivity index (χ1v) is 10.9. The van der Waals surface area contributed by atoms with Gasteiger partial charge in [0.25, 0.3) is 11.8 Å². The number of carbonyl (C=O) groups is 2. The van der Waals surface area contributed by atoms with Gasteiger partial charge in [0.1, 0.15) is 11.3 Å².